The van der Waals surface area contributed by atoms with Gasteiger partial charge in [0.05, 0.1) is 9.82 Å². The van der Waals surface area contributed by atoms with Crippen LogP contribution in [0.25, 0.3) is 0 Å². The zero-order valence-electron chi connectivity index (χ0n) is 12.4. The normalized spacial score (nSPS) is 14.7. The van der Waals surface area contributed by atoms with Crippen LogP contribution in [-0.2, 0) is 10.0 Å². The lowest BCUT2D eigenvalue weighted by molar-refractivity contribution is -0.387. The van der Waals surface area contributed by atoms with E-state index in [1.165, 1.54) is 6.92 Å². The first-order valence-electron chi connectivity index (χ1n) is 6.57. The van der Waals surface area contributed by atoms with Gasteiger partial charge in [0.1, 0.15) is 0 Å². The molecule has 118 valence electrons. The Morgan fingerprint density at radius 1 is 1.38 bits per heavy atom. The van der Waals surface area contributed by atoms with E-state index in [4.69, 9.17) is 0 Å². The molecule has 2 unspecified atom stereocenters. The standard InChI is InChI=1S/C13H19FN2O4S/c1-5-8(2)10(4)15-21(19,20)13-7-12(16(17)18)11(14)6-9(13)3/h6-8,10,15H,5H2,1-4H3. The maximum absolute atomic E-state index is 13.5. The molecule has 0 spiro atoms. The van der Waals surface area contributed by atoms with Gasteiger partial charge in [0.25, 0.3) is 0 Å². The Bertz CT molecular complexity index is 646. The first-order chi connectivity index (χ1) is 9.60. The maximum atomic E-state index is 13.5. The highest BCUT2D eigenvalue weighted by atomic mass is 32.2. The third-order valence-electron chi connectivity index (χ3n) is 3.57. The zero-order valence-corrected chi connectivity index (χ0v) is 13.2. The Labute approximate surface area is 123 Å². The third kappa shape index (κ3) is 3.98. The van der Waals surface area contributed by atoms with Gasteiger partial charge in [-0.25, -0.2) is 13.1 Å². The Morgan fingerprint density at radius 2 is 1.95 bits per heavy atom. The molecule has 0 amide bonds. The first-order valence-corrected chi connectivity index (χ1v) is 8.05. The van der Waals surface area contributed by atoms with Crippen LogP contribution in [0.4, 0.5) is 10.1 Å². The van der Waals surface area contributed by atoms with Gasteiger partial charge in [-0.3, -0.25) is 10.1 Å². The number of nitro groups is 1. The van der Waals surface area contributed by atoms with E-state index in [9.17, 15) is 22.9 Å². The lowest BCUT2D eigenvalue weighted by Crippen LogP contribution is -2.37. The first kappa shape index (κ1) is 17.5. The van der Waals surface area contributed by atoms with Crippen molar-refractivity contribution >= 4 is 15.7 Å². The van der Waals surface area contributed by atoms with Crippen LogP contribution in [0.3, 0.4) is 0 Å². The van der Waals surface area contributed by atoms with Gasteiger partial charge in [-0.2, -0.15) is 4.39 Å². The number of nitrogens with one attached hydrogen (secondary N) is 1. The SMILES string of the molecule is CCC(C)C(C)NS(=O)(=O)c1cc([N+](=O)[O-])c(F)cc1C. The summed E-state index contributed by atoms with van der Waals surface area (Å²) in [5.41, 5.74) is -0.723. The number of hydrogen-bond donors (Lipinski definition) is 1. The van der Waals surface area contributed by atoms with E-state index >= 15 is 0 Å². The van der Waals surface area contributed by atoms with Gasteiger partial charge < -0.3 is 0 Å². The van der Waals surface area contributed by atoms with Crippen molar-refractivity contribution in [1.29, 1.82) is 0 Å². The van der Waals surface area contributed by atoms with Gasteiger partial charge in [0.15, 0.2) is 0 Å². The summed E-state index contributed by atoms with van der Waals surface area (Å²) in [6, 6.07) is 1.29. The van der Waals surface area contributed by atoms with E-state index in [0.717, 1.165) is 18.6 Å². The number of benzene rings is 1. The number of aryl methyl sites for hydroxylation is 1. The molecule has 0 aliphatic carbocycles. The van der Waals surface area contributed by atoms with Crippen molar-refractivity contribution in [2.45, 2.75) is 45.1 Å². The fraction of sp³-hybridized carbons (Fsp3) is 0.538. The molecule has 2 atom stereocenters. The second kappa shape index (κ2) is 6.48. The average molecular weight is 318 g/mol. The van der Waals surface area contributed by atoms with E-state index in [1.807, 2.05) is 13.8 Å². The van der Waals surface area contributed by atoms with Crippen LogP contribution < -0.4 is 4.72 Å². The van der Waals surface area contributed by atoms with Crippen LogP contribution in [0.2, 0.25) is 0 Å². The summed E-state index contributed by atoms with van der Waals surface area (Å²) in [4.78, 5) is 9.53. The number of nitrogens with zero attached hydrogens (tertiary/aromatic N) is 1. The summed E-state index contributed by atoms with van der Waals surface area (Å²) in [6.07, 6.45) is 0.784. The summed E-state index contributed by atoms with van der Waals surface area (Å²) < 4.78 is 40.6. The fourth-order valence-corrected chi connectivity index (χ4v) is 3.45. The van der Waals surface area contributed by atoms with Crippen molar-refractivity contribution in [3.05, 3.63) is 33.6 Å². The topological polar surface area (TPSA) is 89.3 Å². The summed E-state index contributed by atoms with van der Waals surface area (Å²) >= 11 is 0. The van der Waals surface area contributed by atoms with Gasteiger partial charge in [0, 0.05) is 12.1 Å². The molecule has 6 nitrogen and oxygen atoms in total. The number of hydrogen-bond acceptors (Lipinski definition) is 4. The number of nitro benzene ring substituents is 1. The second-order valence-corrected chi connectivity index (χ2v) is 6.80. The van der Waals surface area contributed by atoms with Crippen LogP contribution in [-0.4, -0.2) is 19.4 Å². The minimum Gasteiger partial charge on any atom is -0.258 e. The fourth-order valence-electron chi connectivity index (χ4n) is 1.85. The van der Waals surface area contributed by atoms with Crippen molar-refractivity contribution in [2.75, 3.05) is 0 Å². The third-order valence-corrected chi connectivity index (χ3v) is 5.27. The molecule has 1 aromatic rings. The summed E-state index contributed by atoms with van der Waals surface area (Å²) in [5, 5.41) is 10.7. The molecule has 21 heavy (non-hydrogen) atoms. The number of halogens is 1. The Balaban J connectivity index is 3.26. The highest BCUT2D eigenvalue weighted by Crippen LogP contribution is 2.25. The van der Waals surface area contributed by atoms with E-state index in [2.05, 4.69) is 4.72 Å². The molecule has 0 heterocycles. The molecule has 0 saturated heterocycles. The monoisotopic (exact) mass is 318 g/mol. The second-order valence-electron chi connectivity index (χ2n) is 5.12. The Kier molecular flexibility index (Phi) is 5.41. The molecule has 0 aliphatic rings. The Morgan fingerprint density at radius 3 is 2.43 bits per heavy atom. The lowest BCUT2D eigenvalue weighted by Gasteiger charge is -2.20. The van der Waals surface area contributed by atoms with E-state index in [-0.39, 0.29) is 22.4 Å². The number of rotatable bonds is 6. The van der Waals surface area contributed by atoms with Crippen molar-refractivity contribution in [1.82, 2.24) is 4.72 Å². The van der Waals surface area contributed by atoms with Crippen molar-refractivity contribution < 1.29 is 17.7 Å². The predicted molar refractivity (Wildman–Crippen MR) is 77.0 cm³/mol. The quantitative estimate of drug-likeness (QED) is 0.645. The maximum Gasteiger partial charge on any atom is 0.306 e. The van der Waals surface area contributed by atoms with Gasteiger partial charge in [0.2, 0.25) is 15.8 Å². The molecule has 0 fully saturated rings. The molecular formula is C13H19FN2O4S. The van der Waals surface area contributed by atoms with Gasteiger partial charge in [-0.05, 0) is 31.4 Å². The summed E-state index contributed by atoms with van der Waals surface area (Å²) in [7, 11) is -3.94. The molecule has 0 radical (unpaired) electrons. The Hall–Kier alpha value is -1.54. The molecule has 8 heteroatoms. The van der Waals surface area contributed by atoms with Crippen LogP contribution in [0.1, 0.15) is 32.8 Å². The molecule has 1 aromatic carbocycles. The molecule has 1 rings (SSSR count). The van der Waals surface area contributed by atoms with Gasteiger partial charge in [-0.1, -0.05) is 20.3 Å². The van der Waals surface area contributed by atoms with Crippen LogP contribution >= 0.6 is 0 Å². The minimum atomic E-state index is -3.94. The molecule has 0 aliphatic heterocycles. The van der Waals surface area contributed by atoms with E-state index in [0.29, 0.717) is 0 Å². The molecule has 0 saturated carbocycles. The highest BCUT2D eigenvalue weighted by molar-refractivity contribution is 7.89. The zero-order chi connectivity index (χ0) is 16.4. The van der Waals surface area contributed by atoms with Crippen molar-refractivity contribution in [3.8, 4) is 0 Å². The average Bonchev–Trinajstić information content (AvgIpc) is 2.36. The van der Waals surface area contributed by atoms with E-state index < -0.39 is 26.5 Å². The van der Waals surface area contributed by atoms with E-state index in [1.54, 1.807) is 6.92 Å². The van der Waals surface area contributed by atoms with Crippen LogP contribution in [0.5, 0.6) is 0 Å². The van der Waals surface area contributed by atoms with Gasteiger partial charge in [-0.15, -0.1) is 0 Å². The highest BCUT2D eigenvalue weighted by Gasteiger charge is 2.26. The summed E-state index contributed by atoms with van der Waals surface area (Å²) in [6.45, 7) is 6.95. The molecule has 1 N–H and O–H groups in total. The summed E-state index contributed by atoms with van der Waals surface area (Å²) in [5.74, 6) is -0.943. The van der Waals surface area contributed by atoms with Crippen LogP contribution in [0.15, 0.2) is 17.0 Å². The largest absolute Gasteiger partial charge is 0.306 e. The lowest BCUT2D eigenvalue weighted by atomic mass is 10.0. The molecular weight excluding hydrogens is 299 g/mol. The minimum absolute atomic E-state index is 0.107. The predicted octanol–water partition coefficient (Wildman–Crippen LogP) is 2.76. The van der Waals surface area contributed by atoms with Gasteiger partial charge >= 0.3 is 5.69 Å². The number of sulfonamides is 1. The van der Waals surface area contributed by atoms with Crippen LogP contribution in [0, 0.1) is 28.8 Å². The van der Waals surface area contributed by atoms with Crippen molar-refractivity contribution in [2.24, 2.45) is 5.92 Å². The molecule has 0 aromatic heterocycles. The van der Waals surface area contributed by atoms with Crippen molar-refractivity contribution in [3.63, 3.8) is 0 Å². The smallest absolute Gasteiger partial charge is 0.258 e. The molecule has 0 bridgehead atoms.